The highest BCUT2D eigenvalue weighted by molar-refractivity contribution is 7.92. The molecule has 3 heterocycles. The molecule has 2 aromatic rings. The van der Waals surface area contributed by atoms with Gasteiger partial charge in [0.15, 0.2) is 5.84 Å². The van der Waals surface area contributed by atoms with Gasteiger partial charge in [-0.05, 0) is 43.2 Å². The Labute approximate surface area is 202 Å². The molecule has 1 fully saturated rings. The summed E-state index contributed by atoms with van der Waals surface area (Å²) in [5, 5.41) is 13.9. The van der Waals surface area contributed by atoms with Crippen LogP contribution in [0.15, 0.2) is 63.2 Å². The molecule has 1 aliphatic carbocycles. The largest absolute Gasteiger partial charge is 0.511 e. The fourth-order valence-corrected chi connectivity index (χ4v) is 6.55. The number of amides is 1. The predicted molar refractivity (Wildman–Crippen MR) is 129 cm³/mol. The van der Waals surface area contributed by atoms with Gasteiger partial charge >= 0.3 is 0 Å². The maximum Gasteiger partial charge on any atom is 0.286 e. The Kier molecular flexibility index (Phi) is 5.55. The van der Waals surface area contributed by atoms with Gasteiger partial charge in [-0.3, -0.25) is 14.5 Å². The van der Waals surface area contributed by atoms with E-state index in [1.54, 1.807) is 23.2 Å². The molecule has 3 N–H and O–H groups in total. The van der Waals surface area contributed by atoms with Gasteiger partial charge < -0.3 is 15.3 Å². The lowest BCUT2D eigenvalue weighted by atomic mass is 9.90. The van der Waals surface area contributed by atoms with Crippen molar-refractivity contribution in [2.24, 2.45) is 10.3 Å². The van der Waals surface area contributed by atoms with E-state index < -0.39 is 26.0 Å². The zero-order valence-corrected chi connectivity index (χ0v) is 20.3. The van der Waals surface area contributed by atoms with Crippen LogP contribution in [0.5, 0.6) is 0 Å². The first-order valence-electron chi connectivity index (χ1n) is 10.9. The number of carbonyl (C=O) groups is 1. The lowest BCUT2D eigenvalue weighted by molar-refractivity contribution is -0.132. The van der Waals surface area contributed by atoms with E-state index in [1.165, 1.54) is 12.1 Å². The maximum absolute atomic E-state index is 13.6. The number of amidine groups is 1. The van der Waals surface area contributed by atoms with E-state index >= 15 is 0 Å². The number of anilines is 2. The van der Waals surface area contributed by atoms with E-state index in [0.717, 1.165) is 25.2 Å². The normalized spacial score (nSPS) is 23.3. The SMILES string of the molecule is CS(=O)(=O)Nc1ccc2c(c1)S(=O)(=O)N=C(C1=C(O)[C@@H]3CCC[C@@H]3N(Cc3ccccn3)C1=O)N2. The summed E-state index contributed by atoms with van der Waals surface area (Å²) in [5.41, 5.74) is 0.666. The van der Waals surface area contributed by atoms with Crippen LogP contribution in [0.4, 0.5) is 11.4 Å². The van der Waals surface area contributed by atoms with Crippen molar-refractivity contribution >= 4 is 43.2 Å². The van der Waals surface area contributed by atoms with Gasteiger partial charge in [-0.1, -0.05) is 12.5 Å². The molecule has 184 valence electrons. The van der Waals surface area contributed by atoms with Crippen molar-refractivity contribution in [2.45, 2.75) is 36.7 Å². The first kappa shape index (κ1) is 23.3. The summed E-state index contributed by atoms with van der Waals surface area (Å²) in [5.74, 6) is -1.30. The van der Waals surface area contributed by atoms with Crippen molar-refractivity contribution in [1.82, 2.24) is 9.88 Å². The first-order chi connectivity index (χ1) is 16.5. The number of pyridine rings is 1. The van der Waals surface area contributed by atoms with E-state index in [9.17, 15) is 26.7 Å². The average Bonchev–Trinajstić information content (AvgIpc) is 3.27. The highest BCUT2D eigenvalue weighted by Crippen LogP contribution is 2.42. The van der Waals surface area contributed by atoms with Crippen LogP contribution >= 0.6 is 0 Å². The Morgan fingerprint density at radius 2 is 2.03 bits per heavy atom. The number of sulfonamides is 2. The molecule has 1 aromatic carbocycles. The second-order valence-corrected chi connectivity index (χ2v) is 12.1. The molecule has 11 nitrogen and oxygen atoms in total. The molecule has 2 atom stereocenters. The Hall–Kier alpha value is -3.45. The Balaban J connectivity index is 1.54. The number of carbonyl (C=O) groups excluding carboxylic acids is 1. The lowest BCUT2D eigenvalue weighted by Crippen LogP contribution is -2.49. The van der Waals surface area contributed by atoms with Crippen molar-refractivity contribution in [1.29, 1.82) is 0 Å². The molecule has 2 aliphatic heterocycles. The number of aromatic nitrogens is 1. The fourth-order valence-electron chi connectivity index (χ4n) is 4.84. The molecular weight excluding hydrogens is 494 g/mol. The number of benzene rings is 1. The van der Waals surface area contributed by atoms with Gasteiger partial charge in [0, 0.05) is 23.8 Å². The van der Waals surface area contributed by atoms with Crippen LogP contribution in [-0.2, 0) is 31.4 Å². The quantitative estimate of drug-likeness (QED) is 0.543. The monoisotopic (exact) mass is 517 g/mol. The van der Waals surface area contributed by atoms with Crippen molar-refractivity contribution < 1.29 is 26.7 Å². The summed E-state index contributed by atoms with van der Waals surface area (Å²) >= 11 is 0. The number of fused-ring (bicyclic) bond motifs is 2. The molecule has 1 aromatic heterocycles. The van der Waals surface area contributed by atoms with E-state index in [2.05, 4.69) is 19.4 Å². The van der Waals surface area contributed by atoms with Crippen LogP contribution in [0.25, 0.3) is 0 Å². The Morgan fingerprint density at radius 3 is 2.74 bits per heavy atom. The molecule has 0 saturated heterocycles. The number of aliphatic hydroxyl groups is 1. The standard InChI is InChI=1S/C22H23N5O6S2/c1-34(30,31)25-13-8-9-16-18(11-13)35(32,33)26-21(24-16)19-20(28)15-6-4-7-17(15)27(22(19)29)12-14-5-2-3-10-23-14/h2-3,5,8-11,15,17,25,28H,4,6-7,12H2,1H3,(H,24,26)/t15-,17+/m1/s1. The van der Waals surface area contributed by atoms with Gasteiger partial charge in [-0.15, -0.1) is 4.40 Å². The Bertz CT molecular complexity index is 1490. The van der Waals surface area contributed by atoms with Crippen molar-refractivity contribution in [3.63, 3.8) is 0 Å². The highest BCUT2D eigenvalue weighted by atomic mass is 32.2. The molecule has 35 heavy (non-hydrogen) atoms. The summed E-state index contributed by atoms with van der Waals surface area (Å²) in [6, 6.07) is 9.10. The third-order valence-corrected chi connectivity index (χ3v) is 8.21. The molecule has 0 radical (unpaired) electrons. The number of hydrogen-bond donors (Lipinski definition) is 3. The zero-order chi connectivity index (χ0) is 25.0. The number of nitrogens with zero attached hydrogens (tertiary/aromatic N) is 3. The zero-order valence-electron chi connectivity index (χ0n) is 18.7. The number of rotatable bonds is 5. The first-order valence-corrected chi connectivity index (χ1v) is 14.2. The molecule has 0 bridgehead atoms. The molecule has 13 heteroatoms. The number of nitrogens with one attached hydrogen (secondary N) is 2. The topological polar surface area (TPSA) is 158 Å². The summed E-state index contributed by atoms with van der Waals surface area (Å²) < 4.78 is 55.1. The van der Waals surface area contributed by atoms with E-state index in [1.807, 2.05) is 6.07 Å². The summed E-state index contributed by atoms with van der Waals surface area (Å²) in [6.45, 7) is 0.217. The molecule has 0 spiro atoms. The van der Waals surface area contributed by atoms with Crippen LogP contribution in [0.2, 0.25) is 0 Å². The highest BCUT2D eigenvalue weighted by Gasteiger charge is 2.46. The summed E-state index contributed by atoms with van der Waals surface area (Å²) in [6.07, 6.45) is 4.77. The van der Waals surface area contributed by atoms with Crippen LogP contribution in [0.1, 0.15) is 25.0 Å². The maximum atomic E-state index is 13.6. The van der Waals surface area contributed by atoms with Gasteiger partial charge in [-0.2, -0.15) is 8.42 Å². The van der Waals surface area contributed by atoms with Crippen LogP contribution in [0.3, 0.4) is 0 Å². The molecule has 5 rings (SSSR count). The summed E-state index contributed by atoms with van der Waals surface area (Å²) in [4.78, 5) is 19.3. The second kappa shape index (κ2) is 8.34. The fraction of sp³-hybridized carbons (Fsp3) is 0.318. The minimum Gasteiger partial charge on any atom is -0.511 e. The van der Waals surface area contributed by atoms with Gasteiger partial charge in [0.05, 0.1) is 24.2 Å². The predicted octanol–water partition coefficient (Wildman–Crippen LogP) is 1.99. The van der Waals surface area contributed by atoms with E-state index in [4.69, 9.17) is 0 Å². The van der Waals surface area contributed by atoms with Gasteiger partial charge in [-0.25, -0.2) is 8.42 Å². The van der Waals surface area contributed by atoms with Crippen LogP contribution < -0.4 is 10.0 Å². The molecule has 0 unspecified atom stereocenters. The lowest BCUT2D eigenvalue weighted by Gasteiger charge is -2.38. The van der Waals surface area contributed by atoms with E-state index in [-0.39, 0.29) is 51.9 Å². The third kappa shape index (κ3) is 4.36. The van der Waals surface area contributed by atoms with Crippen LogP contribution in [-0.4, -0.2) is 55.9 Å². The molecule has 1 amide bonds. The van der Waals surface area contributed by atoms with E-state index in [0.29, 0.717) is 12.1 Å². The van der Waals surface area contributed by atoms with Crippen molar-refractivity contribution in [2.75, 3.05) is 16.3 Å². The van der Waals surface area contributed by atoms with Gasteiger partial charge in [0.25, 0.3) is 15.9 Å². The van der Waals surface area contributed by atoms with Crippen LogP contribution in [0, 0.1) is 5.92 Å². The van der Waals surface area contributed by atoms with Gasteiger partial charge in [0.1, 0.15) is 16.2 Å². The average molecular weight is 518 g/mol. The van der Waals surface area contributed by atoms with Crippen molar-refractivity contribution in [3.8, 4) is 0 Å². The molecular formula is C22H23N5O6S2. The molecule has 3 aliphatic rings. The second-order valence-electron chi connectivity index (χ2n) is 8.74. The van der Waals surface area contributed by atoms with Crippen molar-refractivity contribution in [3.05, 3.63) is 59.6 Å². The number of hydrogen-bond acceptors (Lipinski definition) is 8. The minimum atomic E-state index is -4.30. The molecule has 1 saturated carbocycles. The number of aliphatic hydroxyl groups excluding tert-OH is 1. The van der Waals surface area contributed by atoms with Gasteiger partial charge in [0.2, 0.25) is 10.0 Å². The minimum absolute atomic E-state index is 0.0569. The smallest absolute Gasteiger partial charge is 0.286 e. The third-order valence-electron chi connectivity index (χ3n) is 6.28. The Morgan fingerprint density at radius 1 is 1.23 bits per heavy atom. The summed E-state index contributed by atoms with van der Waals surface area (Å²) in [7, 11) is -7.92.